The lowest BCUT2D eigenvalue weighted by Crippen LogP contribution is -2.09. The van der Waals surface area contributed by atoms with Crippen LogP contribution in [-0.4, -0.2) is 21.5 Å². The highest BCUT2D eigenvalue weighted by Crippen LogP contribution is 2.24. The van der Waals surface area contributed by atoms with Crippen LogP contribution in [0.2, 0.25) is 0 Å². The number of rotatable bonds is 4. The van der Waals surface area contributed by atoms with Gasteiger partial charge in [-0.05, 0) is 18.9 Å². The summed E-state index contributed by atoms with van der Waals surface area (Å²) in [7, 11) is 0. The van der Waals surface area contributed by atoms with Crippen molar-refractivity contribution in [2.45, 2.75) is 13.3 Å². The monoisotopic (exact) mass is 285 g/mol. The molecule has 0 unspecified atom stereocenters. The quantitative estimate of drug-likeness (QED) is 0.770. The molecule has 0 aliphatic carbocycles. The highest BCUT2D eigenvalue weighted by atomic mass is 32.1. The van der Waals surface area contributed by atoms with E-state index < -0.39 is 0 Å². The zero-order chi connectivity index (χ0) is 13.9. The molecule has 5 nitrogen and oxygen atoms in total. The van der Waals surface area contributed by atoms with Crippen LogP contribution in [0.5, 0.6) is 0 Å². The van der Waals surface area contributed by atoms with Crippen LogP contribution >= 0.6 is 11.3 Å². The highest BCUT2D eigenvalue weighted by molar-refractivity contribution is 7.18. The van der Waals surface area contributed by atoms with Gasteiger partial charge in [0.15, 0.2) is 10.6 Å². The Balaban J connectivity index is 1.71. The third kappa shape index (κ3) is 2.70. The van der Waals surface area contributed by atoms with E-state index in [9.17, 15) is 0 Å². The fourth-order valence-electron chi connectivity index (χ4n) is 1.99. The molecule has 0 saturated heterocycles. The third-order valence-corrected chi connectivity index (χ3v) is 3.80. The molecule has 0 spiro atoms. The molecular weight excluding hydrogens is 270 g/mol. The Labute approximate surface area is 120 Å². The van der Waals surface area contributed by atoms with Crippen molar-refractivity contribution in [2.75, 3.05) is 17.6 Å². The maximum Gasteiger partial charge on any atom is 0.226 e. The summed E-state index contributed by atoms with van der Waals surface area (Å²) in [4.78, 5) is 13.8. The second-order valence-corrected chi connectivity index (χ2v) is 5.66. The Morgan fingerprint density at radius 1 is 1.15 bits per heavy atom. The Morgan fingerprint density at radius 3 is 2.75 bits per heavy atom. The van der Waals surface area contributed by atoms with E-state index in [1.807, 2.05) is 25.1 Å². The van der Waals surface area contributed by atoms with Crippen molar-refractivity contribution in [3.05, 3.63) is 40.9 Å². The zero-order valence-corrected chi connectivity index (χ0v) is 11.9. The van der Waals surface area contributed by atoms with Gasteiger partial charge in [0.05, 0.1) is 5.01 Å². The number of hydrogen-bond donors (Lipinski definition) is 2. The number of hydrogen-bond acceptors (Lipinski definition) is 6. The number of nitrogen functional groups attached to an aromatic ring is 1. The van der Waals surface area contributed by atoms with Crippen LogP contribution in [-0.2, 0) is 6.42 Å². The molecule has 0 radical (unpaired) electrons. The minimum atomic E-state index is 0.432. The normalized spacial score (nSPS) is 10.8. The van der Waals surface area contributed by atoms with Crippen molar-refractivity contribution in [3.8, 4) is 0 Å². The number of anilines is 2. The Morgan fingerprint density at radius 2 is 1.95 bits per heavy atom. The van der Waals surface area contributed by atoms with Crippen LogP contribution in [0.1, 0.15) is 10.6 Å². The van der Waals surface area contributed by atoms with Crippen LogP contribution in [0.15, 0.2) is 30.3 Å². The predicted octanol–water partition coefficient (Wildman–Crippen LogP) is 2.63. The van der Waals surface area contributed by atoms with E-state index >= 15 is 0 Å². The second-order valence-electron chi connectivity index (χ2n) is 4.48. The number of benzene rings is 1. The Bertz CT molecular complexity index is 723. The topological polar surface area (TPSA) is 76.7 Å². The number of aryl methyl sites for hydroxylation is 1. The van der Waals surface area contributed by atoms with Gasteiger partial charge in [0, 0.05) is 6.54 Å². The third-order valence-electron chi connectivity index (χ3n) is 2.93. The van der Waals surface area contributed by atoms with Gasteiger partial charge in [-0.2, -0.15) is 4.98 Å². The molecule has 2 aromatic heterocycles. The largest absolute Gasteiger partial charge is 0.382 e. The van der Waals surface area contributed by atoms with Crippen LogP contribution < -0.4 is 11.1 Å². The van der Waals surface area contributed by atoms with Crippen molar-refractivity contribution >= 4 is 33.5 Å². The summed E-state index contributed by atoms with van der Waals surface area (Å²) in [5, 5.41) is 4.16. The molecule has 3 N–H and O–H groups in total. The van der Waals surface area contributed by atoms with Gasteiger partial charge >= 0.3 is 0 Å². The lowest BCUT2D eigenvalue weighted by Gasteiger charge is -2.05. The van der Waals surface area contributed by atoms with Crippen LogP contribution in [0.3, 0.4) is 0 Å². The molecule has 0 aliphatic heterocycles. The summed E-state index contributed by atoms with van der Waals surface area (Å²) in [5.74, 6) is 0.996. The molecule has 0 saturated carbocycles. The molecule has 2 heterocycles. The van der Waals surface area contributed by atoms with Crippen molar-refractivity contribution in [1.82, 2.24) is 15.0 Å². The number of nitrogens with zero attached hydrogens (tertiary/aromatic N) is 3. The predicted molar refractivity (Wildman–Crippen MR) is 83.0 cm³/mol. The molecule has 0 fully saturated rings. The maximum absolute atomic E-state index is 5.91. The van der Waals surface area contributed by atoms with Crippen molar-refractivity contribution in [2.24, 2.45) is 0 Å². The maximum atomic E-state index is 5.91. The van der Waals surface area contributed by atoms with Gasteiger partial charge in [-0.25, -0.2) is 9.97 Å². The van der Waals surface area contributed by atoms with E-state index in [-0.39, 0.29) is 0 Å². The van der Waals surface area contributed by atoms with E-state index in [1.54, 1.807) is 0 Å². The second kappa shape index (κ2) is 5.42. The van der Waals surface area contributed by atoms with Gasteiger partial charge < -0.3 is 11.1 Å². The number of aromatic nitrogens is 3. The zero-order valence-electron chi connectivity index (χ0n) is 11.1. The molecule has 102 valence electrons. The van der Waals surface area contributed by atoms with Crippen molar-refractivity contribution < 1.29 is 0 Å². The van der Waals surface area contributed by atoms with Gasteiger partial charge in [-0.1, -0.05) is 41.7 Å². The number of nitrogens with two attached hydrogens (primary N) is 1. The Hall–Kier alpha value is -2.21. The average molecular weight is 285 g/mol. The molecular formula is C14H15N5S. The van der Waals surface area contributed by atoms with Gasteiger partial charge in [0.1, 0.15) is 5.52 Å². The molecule has 6 heteroatoms. The minimum absolute atomic E-state index is 0.432. The van der Waals surface area contributed by atoms with E-state index in [0.29, 0.717) is 17.3 Å². The van der Waals surface area contributed by atoms with Gasteiger partial charge in [-0.3, -0.25) is 0 Å². The van der Waals surface area contributed by atoms with Crippen LogP contribution in [0.4, 0.5) is 11.8 Å². The fourth-order valence-corrected chi connectivity index (χ4v) is 2.79. The first kappa shape index (κ1) is 12.8. The molecule has 0 aliphatic rings. The summed E-state index contributed by atoms with van der Waals surface area (Å²) in [6.07, 6.45) is 0.920. The van der Waals surface area contributed by atoms with E-state index in [4.69, 9.17) is 5.73 Å². The molecule has 0 bridgehead atoms. The molecule has 0 amide bonds. The molecule has 3 rings (SSSR count). The van der Waals surface area contributed by atoms with E-state index in [1.165, 1.54) is 16.9 Å². The number of thiazole rings is 1. The summed E-state index contributed by atoms with van der Waals surface area (Å²) in [6.45, 7) is 2.71. The SMILES string of the molecule is Cc1nc2c(N)nc(NCCc3ccccc3)nc2s1. The summed E-state index contributed by atoms with van der Waals surface area (Å²) < 4.78 is 0. The minimum Gasteiger partial charge on any atom is -0.382 e. The van der Waals surface area contributed by atoms with Gasteiger partial charge in [0.2, 0.25) is 5.95 Å². The molecule has 3 aromatic rings. The average Bonchev–Trinajstić information content (AvgIpc) is 2.81. The van der Waals surface area contributed by atoms with Crippen molar-refractivity contribution in [3.63, 3.8) is 0 Å². The first-order valence-electron chi connectivity index (χ1n) is 6.41. The summed E-state index contributed by atoms with van der Waals surface area (Å²) in [6, 6.07) is 10.3. The smallest absolute Gasteiger partial charge is 0.226 e. The van der Waals surface area contributed by atoms with E-state index in [2.05, 4.69) is 32.4 Å². The van der Waals surface area contributed by atoms with E-state index in [0.717, 1.165) is 22.8 Å². The van der Waals surface area contributed by atoms with Gasteiger partial charge in [-0.15, -0.1) is 0 Å². The van der Waals surface area contributed by atoms with Gasteiger partial charge in [0.25, 0.3) is 0 Å². The molecule has 0 atom stereocenters. The molecule has 1 aromatic carbocycles. The lowest BCUT2D eigenvalue weighted by molar-refractivity contribution is 0.992. The number of nitrogens with one attached hydrogen (secondary N) is 1. The standard InChI is InChI=1S/C14H15N5S/c1-9-17-11-12(15)18-14(19-13(11)20-9)16-8-7-10-5-3-2-4-6-10/h2-6H,7-8H2,1H3,(H3,15,16,18,19). The molecule has 20 heavy (non-hydrogen) atoms. The first-order valence-corrected chi connectivity index (χ1v) is 7.22. The lowest BCUT2D eigenvalue weighted by atomic mass is 10.1. The summed E-state index contributed by atoms with van der Waals surface area (Å²) >= 11 is 1.53. The van der Waals surface area contributed by atoms with Crippen molar-refractivity contribution in [1.29, 1.82) is 0 Å². The van der Waals surface area contributed by atoms with Crippen LogP contribution in [0, 0.1) is 6.92 Å². The Kier molecular flexibility index (Phi) is 3.47. The fraction of sp³-hybridized carbons (Fsp3) is 0.214. The first-order chi connectivity index (χ1) is 9.72. The summed E-state index contributed by atoms with van der Waals surface area (Å²) in [5.41, 5.74) is 7.88. The number of fused-ring (bicyclic) bond motifs is 1. The van der Waals surface area contributed by atoms with Crippen LogP contribution in [0.25, 0.3) is 10.3 Å². The highest BCUT2D eigenvalue weighted by Gasteiger charge is 2.09.